The summed E-state index contributed by atoms with van der Waals surface area (Å²) < 4.78 is 0. The molecule has 2 aliphatic carbocycles. The van der Waals surface area contributed by atoms with Gasteiger partial charge in [0.1, 0.15) is 12.0 Å². The van der Waals surface area contributed by atoms with Crippen LogP contribution in [-0.4, -0.2) is 28.3 Å². The number of nitrogens with zero attached hydrogens (tertiary/aromatic N) is 3. The van der Waals surface area contributed by atoms with Gasteiger partial charge in [-0.2, -0.15) is 0 Å². The van der Waals surface area contributed by atoms with Crippen LogP contribution in [0, 0.1) is 27.9 Å². The monoisotopic (exact) mass is 285 g/mol. The molecule has 4 rings (SSSR count). The van der Waals surface area contributed by atoms with E-state index in [1.807, 2.05) is 4.90 Å². The Labute approximate surface area is 121 Å². The topological polar surface area (TPSA) is 76.3 Å². The normalized spacial score (nSPS) is 33.3. The van der Waals surface area contributed by atoms with Gasteiger partial charge in [0.25, 0.3) is 5.69 Å². The maximum absolute atomic E-state index is 12.6. The van der Waals surface area contributed by atoms with E-state index in [4.69, 9.17) is 0 Å². The number of hydrogen-bond acceptors (Lipinski definition) is 5. The van der Waals surface area contributed by atoms with E-state index in [1.54, 1.807) is 6.07 Å². The largest absolute Gasteiger partial charge is 0.346 e. The van der Waals surface area contributed by atoms with E-state index in [0.29, 0.717) is 17.5 Å². The number of fused-ring (bicyclic) bond motifs is 6. The van der Waals surface area contributed by atoms with Gasteiger partial charge in [0.15, 0.2) is 5.78 Å². The third kappa shape index (κ3) is 1.78. The summed E-state index contributed by atoms with van der Waals surface area (Å²) in [6.07, 6.45) is 7.51. The molecule has 0 unspecified atom stereocenters. The maximum atomic E-state index is 12.6. The molecule has 0 spiro atoms. The van der Waals surface area contributed by atoms with Crippen LogP contribution in [0.2, 0.25) is 0 Å². The summed E-state index contributed by atoms with van der Waals surface area (Å²) in [7, 11) is 0. The number of allylic oxidation sites excluding steroid dienone is 1. The van der Waals surface area contributed by atoms with Gasteiger partial charge in [-0.05, 0) is 24.8 Å². The van der Waals surface area contributed by atoms with E-state index >= 15 is 0 Å². The number of aromatic nitrogens is 1. The molecule has 4 bridgehead atoms. The number of hydrogen-bond donors (Lipinski definition) is 0. The van der Waals surface area contributed by atoms with Crippen LogP contribution >= 0.6 is 0 Å². The Balaban J connectivity index is 1.67. The Morgan fingerprint density at radius 3 is 2.81 bits per heavy atom. The molecule has 0 radical (unpaired) electrons. The molecule has 1 saturated carbocycles. The lowest BCUT2D eigenvalue weighted by molar-refractivity contribution is -0.385. The molecule has 4 atom stereocenters. The van der Waals surface area contributed by atoms with Gasteiger partial charge in [-0.15, -0.1) is 0 Å². The van der Waals surface area contributed by atoms with Crippen molar-refractivity contribution in [3.63, 3.8) is 0 Å². The fraction of sp³-hybridized carbons (Fsp3) is 0.467. The number of nitro groups is 1. The van der Waals surface area contributed by atoms with E-state index in [9.17, 15) is 14.9 Å². The molecule has 108 valence electrons. The number of carbonyl (C=O) groups is 1. The third-order valence-electron chi connectivity index (χ3n) is 4.98. The molecule has 6 nitrogen and oxygen atoms in total. The SMILES string of the molecule is O=C1[C@@H]2[C@@H]3C=C[C@@H](C3)[C@H]1CCN2c1ccc([N+](=O)[O-])cn1. The number of ketones is 1. The Morgan fingerprint density at radius 1 is 1.29 bits per heavy atom. The van der Waals surface area contributed by atoms with Gasteiger partial charge < -0.3 is 4.90 Å². The third-order valence-corrected chi connectivity index (χ3v) is 4.98. The molecule has 0 amide bonds. The van der Waals surface area contributed by atoms with Crippen molar-refractivity contribution in [3.8, 4) is 0 Å². The smallest absolute Gasteiger partial charge is 0.287 e. The number of rotatable bonds is 2. The summed E-state index contributed by atoms with van der Waals surface area (Å²) in [6.45, 7) is 0.792. The minimum absolute atomic E-state index is 0.0237. The van der Waals surface area contributed by atoms with Gasteiger partial charge in [-0.3, -0.25) is 14.9 Å². The fourth-order valence-electron chi connectivity index (χ4n) is 4.00. The van der Waals surface area contributed by atoms with Gasteiger partial charge >= 0.3 is 0 Å². The molecule has 2 heterocycles. The van der Waals surface area contributed by atoms with Crippen molar-refractivity contribution >= 4 is 17.3 Å². The first-order chi connectivity index (χ1) is 10.1. The highest BCUT2D eigenvalue weighted by Crippen LogP contribution is 2.45. The van der Waals surface area contributed by atoms with Crippen LogP contribution < -0.4 is 4.90 Å². The molecule has 1 aromatic heterocycles. The summed E-state index contributed by atoms with van der Waals surface area (Å²) in [5.74, 6) is 1.81. The van der Waals surface area contributed by atoms with Crippen molar-refractivity contribution in [2.24, 2.45) is 17.8 Å². The lowest BCUT2D eigenvalue weighted by atomic mass is 9.70. The Hall–Kier alpha value is -2.24. The molecule has 1 aromatic rings. The van der Waals surface area contributed by atoms with E-state index < -0.39 is 4.92 Å². The zero-order chi connectivity index (χ0) is 14.6. The van der Waals surface area contributed by atoms with Crippen molar-refractivity contribution in [2.75, 3.05) is 11.4 Å². The van der Waals surface area contributed by atoms with Crippen molar-refractivity contribution in [2.45, 2.75) is 18.9 Å². The van der Waals surface area contributed by atoms with Crippen LogP contribution in [0.1, 0.15) is 12.8 Å². The number of anilines is 1. The summed E-state index contributed by atoms with van der Waals surface area (Å²) in [6, 6.07) is 2.96. The van der Waals surface area contributed by atoms with Crippen LogP contribution in [0.3, 0.4) is 0 Å². The molecule has 1 aliphatic heterocycles. The van der Waals surface area contributed by atoms with Gasteiger partial charge in [-0.1, -0.05) is 12.2 Å². The van der Waals surface area contributed by atoms with Gasteiger partial charge in [0.05, 0.1) is 11.0 Å². The van der Waals surface area contributed by atoms with Crippen molar-refractivity contribution in [3.05, 3.63) is 40.6 Å². The maximum Gasteiger partial charge on any atom is 0.287 e. The average molecular weight is 285 g/mol. The first-order valence-corrected chi connectivity index (χ1v) is 7.24. The van der Waals surface area contributed by atoms with Crippen LogP contribution in [0.4, 0.5) is 11.5 Å². The number of pyridine rings is 1. The minimum Gasteiger partial charge on any atom is -0.346 e. The summed E-state index contributed by atoms with van der Waals surface area (Å²) in [5, 5.41) is 10.7. The van der Waals surface area contributed by atoms with Crippen LogP contribution in [0.5, 0.6) is 0 Å². The van der Waals surface area contributed by atoms with E-state index in [1.165, 1.54) is 12.3 Å². The molecule has 2 fully saturated rings. The minimum atomic E-state index is -0.459. The highest BCUT2D eigenvalue weighted by atomic mass is 16.6. The van der Waals surface area contributed by atoms with E-state index in [-0.39, 0.29) is 23.6 Å². The zero-order valence-corrected chi connectivity index (χ0v) is 11.4. The van der Waals surface area contributed by atoms with Crippen molar-refractivity contribution in [1.82, 2.24) is 4.98 Å². The predicted molar refractivity (Wildman–Crippen MR) is 75.9 cm³/mol. The lowest BCUT2D eigenvalue weighted by Crippen LogP contribution is -2.57. The van der Waals surface area contributed by atoms with Crippen molar-refractivity contribution in [1.29, 1.82) is 0 Å². The standard InChI is InChI=1S/C15H15N3O3/c19-15-12-5-6-17(14(15)10-2-1-9(12)7-10)13-4-3-11(8-16-13)18(20)21/h1-4,8-10,12,14H,5-7H2/t9-,10+,12+,14-/m0/s1. The number of Topliss-reactive ketones (excluding diaryl/α,β-unsaturated/α-hetero) is 1. The Kier molecular flexibility index (Phi) is 2.60. The Bertz CT molecular complexity index is 640. The van der Waals surface area contributed by atoms with Gasteiger partial charge in [0.2, 0.25) is 0 Å². The Morgan fingerprint density at radius 2 is 2.10 bits per heavy atom. The van der Waals surface area contributed by atoms with Crippen LogP contribution in [0.15, 0.2) is 30.5 Å². The van der Waals surface area contributed by atoms with Gasteiger partial charge in [-0.25, -0.2) is 4.98 Å². The molecule has 21 heavy (non-hydrogen) atoms. The molecule has 0 N–H and O–H groups in total. The zero-order valence-electron chi connectivity index (χ0n) is 11.4. The van der Waals surface area contributed by atoms with Crippen LogP contribution in [0.25, 0.3) is 0 Å². The number of carbonyl (C=O) groups excluding carboxylic acids is 1. The second-order valence-corrected chi connectivity index (χ2v) is 6.02. The van der Waals surface area contributed by atoms with Gasteiger partial charge in [0, 0.05) is 24.4 Å². The molecule has 0 aromatic carbocycles. The molecule has 1 saturated heterocycles. The average Bonchev–Trinajstić information content (AvgIpc) is 2.92. The summed E-state index contributed by atoms with van der Waals surface area (Å²) >= 11 is 0. The lowest BCUT2D eigenvalue weighted by Gasteiger charge is -2.46. The summed E-state index contributed by atoms with van der Waals surface area (Å²) in [4.78, 5) is 29.1. The second kappa shape index (κ2) is 4.38. The first kappa shape index (κ1) is 12.5. The fourth-order valence-corrected chi connectivity index (χ4v) is 4.00. The molecular formula is C15H15N3O3. The van der Waals surface area contributed by atoms with E-state index in [2.05, 4.69) is 17.1 Å². The van der Waals surface area contributed by atoms with Crippen molar-refractivity contribution < 1.29 is 9.72 Å². The quantitative estimate of drug-likeness (QED) is 0.471. The van der Waals surface area contributed by atoms with E-state index in [0.717, 1.165) is 19.4 Å². The molecular weight excluding hydrogens is 270 g/mol. The molecule has 6 heteroatoms. The summed E-state index contributed by atoms with van der Waals surface area (Å²) in [5.41, 5.74) is -0.0237. The molecule has 3 aliphatic rings. The highest BCUT2D eigenvalue weighted by Gasteiger charge is 2.50. The predicted octanol–water partition coefficient (Wildman–Crippen LogP) is 1.96. The number of piperidine rings is 1. The van der Waals surface area contributed by atoms with Crippen LogP contribution in [-0.2, 0) is 4.79 Å². The first-order valence-electron chi connectivity index (χ1n) is 7.24. The highest BCUT2D eigenvalue weighted by molar-refractivity contribution is 5.92. The second-order valence-electron chi connectivity index (χ2n) is 6.02.